The number of carbonyl (C=O) groups excluding carboxylic acids is 1. The number of morpholine rings is 1. The number of halogens is 1. The maximum Gasteiger partial charge on any atom is 0.254 e. The van der Waals surface area contributed by atoms with E-state index in [1.54, 1.807) is 0 Å². The molecule has 0 unspecified atom stereocenters. The molecule has 0 atom stereocenters. The standard InChI is InChI=1S/C13H16N2O2.ClH/c16-13(15-3-5-17-6-4-15)10-1-2-11-8-14-9-12(11)7-10;/h1-2,7,14H,3-6,8-9H2;1H. The third-order valence-corrected chi connectivity index (χ3v) is 3.38. The summed E-state index contributed by atoms with van der Waals surface area (Å²) in [4.78, 5) is 14.1. The van der Waals surface area contributed by atoms with Crippen molar-refractivity contribution in [2.45, 2.75) is 13.1 Å². The van der Waals surface area contributed by atoms with Gasteiger partial charge >= 0.3 is 0 Å². The first-order valence-electron chi connectivity index (χ1n) is 6.04. The zero-order valence-electron chi connectivity index (χ0n) is 10.1. The van der Waals surface area contributed by atoms with Crippen molar-refractivity contribution in [3.05, 3.63) is 34.9 Å². The van der Waals surface area contributed by atoms with Crippen LogP contribution in [-0.4, -0.2) is 37.1 Å². The van der Waals surface area contributed by atoms with Crippen LogP contribution in [0.1, 0.15) is 21.5 Å². The van der Waals surface area contributed by atoms with Crippen molar-refractivity contribution in [1.82, 2.24) is 10.2 Å². The van der Waals surface area contributed by atoms with E-state index in [0.29, 0.717) is 26.3 Å². The van der Waals surface area contributed by atoms with E-state index >= 15 is 0 Å². The molecule has 0 bridgehead atoms. The van der Waals surface area contributed by atoms with Gasteiger partial charge in [-0.05, 0) is 23.3 Å². The van der Waals surface area contributed by atoms with Gasteiger partial charge in [0.05, 0.1) is 13.2 Å². The molecule has 0 aromatic heterocycles. The summed E-state index contributed by atoms with van der Waals surface area (Å²) in [5.74, 6) is 0.128. The Kier molecular flexibility index (Phi) is 4.22. The average Bonchev–Trinajstić information content (AvgIpc) is 2.86. The first-order chi connectivity index (χ1) is 8.34. The molecular formula is C13H17ClN2O2. The molecule has 0 radical (unpaired) electrons. The molecule has 0 saturated carbocycles. The third kappa shape index (κ3) is 2.51. The SMILES string of the molecule is Cl.O=C(c1ccc2c(c1)CNC2)N1CCOCC1. The second-order valence-corrected chi connectivity index (χ2v) is 4.49. The monoisotopic (exact) mass is 268 g/mol. The predicted molar refractivity (Wildman–Crippen MR) is 71.0 cm³/mol. The molecular weight excluding hydrogens is 252 g/mol. The smallest absolute Gasteiger partial charge is 0.254 e. The predicted octanol–water partition coefficient (Wildman–Crippen LogP) is 1.18. The molecule has 1 N–H and O–H groups in total. The van der Waals surface area contributed by atoms with Crippen LogP contribution < -0.4 is 5.32 Å². The van der Waals surface area contributed by atoms with Crippen LogP contribution in [0.2, 0.25) is 0 Å². The zero-order chi connectivity index (χ0) is 11.7. The van der Waals surface area contributed by atoms with Gasteiger partial charge in [0, 0.05) is 31.7 Å². The van der Waals surface area contributed by atoms with Crippen LogP contribution in [0.4, 0.5) is 0 Å². The van der Waals surface area contributed by atoms with Gasteiger partial charge in [-0.15, -0.1) is 12.4 Å². The van der Waals surface area contributed by atoms with E-state index in [0.717, 1.165) is 18.7 Å². The van der Waals surface area contributed by atoms with Gasteiger partial charge in [0.1, 0.15) is 0 Å². The Labute approximate surface area is 113 Å². The molecule has 4 nitrogen and oxygen atoms in total. The highest BCUT2D eigenvalue weighted by Crippen LogP contribution is 2.18. The zero-order valence-corrected chi connectivity index (χ0v) is 11.0. The minimum atomic E-state index is 0. The van der Waals surface area contributed by atoms with Gasteiger partial charge in [0.2, 0.25) is 0 Å². The highest BCUT2D eigenvalue weighted by Gasteiger charge is 2.20. The lowest BCUT2D eigenvalue weighted by atomic mass is 10.1. The maximum absolute atomic E-state index is 12.2. The molecule has 1 amide bonds. The number of carbonyl (C=O) groups is 1. The molecule has 0 aliphatic carbocycles. The van der Waals surface area contributed by atoms with Gasteiger partial charge in [0.25, 0.3) is 5.91 Å². The molecule has 18 heavy (non-hydrogen) atoms. The van der Waals surface area contributed by atoms with Crippen molar-refractivity contribution in [1.29, 1.82) is 0 Å². The van der Waals surface area contributed by atoms with E-state index < -0.39 is 0 Å². The molecule has 2 aliphatic rings. The van der Waals surface area contributed by atoms with E-state index in [1.807, 2.05) is 17.0 Å². The number of ether oxygens (including phenoxy) is 1. The van der Waals surface area contributed by atoms with Crippen LogP contribution in [0.5, 0.6) is 0 Å². The number of nitrogens with one attached hydrogen (secondary N) is 1. The number of hydrogen-bond acceptors (Lipinski definition) is 3. The van der Waals surface area contributed by atoms with E-state index in [-0.39, 0.29) is 18.3 Å². The van der Waals surface area contributed by atoms with Gasteiger partial charge in [-0.2, -0.15) is 0 Å². The lowest BCUT2D eigenvalue weighted by molar-refractivity contribution is 0.0303. The second kappa shape index (κ2) is 5.69. The van der Waals surface area contributed by atoms with Crippen LogP contribution in [0, 0.1) is 0 Å². The van der Waals surface area contributed by atoms with Crippen molar-refractivity contribution in [2.24, 2.45) is 0 Å². The summed E-state index contributed by atoms with van der Waals surface area (Å²) in [5, 5.41) is 3.29. The summed E-state index contributed by atoms with van der Waals surface area (Å²) in [5.41, 5.74) is 3.36. The fourth-order valence-electron chi connectivity index (χ4n) is 2.38. The molecule has 0 spiro atoms. The van der Waals surface area contributed by atoms with Crippen molar-refractivity contribution >= 4 is 18.3 Å². The van der Waals surface area contributed by atoms with Crippen LogP contribution in [-0.2, 0) is 17.8 Å². The number of fused-ring (bicyclic) bond motifs is 1. The van der Waals surface area contributed by atoms with Crippen LogP contribution in [0.15, 0.2) is 18.2 Å². The van der Waals surface area contributed by atoms with Crippen molar-refractivity contribution in [2.75, 3.05) is 26.3 Å². The fraction of sp³-hybridized carbons (Fsp3) is 0.462. The Morgan fingerprint density at radius 3 is 2.67 bits per heavy atom. The van der Waals surface area contributed by atoms with Crippen LogP contribution in [0.3, 0.4) is 0 Å². The van der Waals surface area contributed by atoms with Gasteiger partial charge < -0.3 is 15.0 Å². The van der Waals surface area contributed by atoms with E-state index in [4.69, 9.17) is 4.74 Å². The third-order valence-electron chi connectivity index (χ3n) is 3.38. The van der Waals surface area contributed by atoms with Crippen molar-refractivity contribution in [3.8, 4) is 0 Å². The fourth-order valence-corrected chi connectivity index (χ4v) is 2.38. The Bertz CT molecular complexity index is 445. The number of hydrogen-bond donors (Lipinski definition) is 1. The van der Waals surface area contributed by atoms with E-state index in [2.05, 4.69) is 11.4 Å². The van der Waals surface area contributed by atoms with Gasteiger partial charge in [-0.1, -0.05) is 6.07 Å². The van der Waals surface area contributed by atoms with Crippen molar-refractivity contribution < 1.29 is 9.53 Å². The van der Waals surface area contributed by atoms with Crippen molar-refractivity contribution in [3.63, 3.8) is 0 Å². The Balaban J connectivity index is 0.00000120. The molecule has 1 aromatic carbocycles. The van der Waals surface area contributed by atoms with Crippen LogP contribution in [0.25, 0.3) is 0 Å². The van der Waals surface area contributed by atoms with Gasteiger partial charge in [-0.3, -0.25) is 4.79 Å². The number of benzene rings is 1. The summed E-state index contributed by atoms with van der Waals surface area (Å²) >= 11 is 0. The molecule has 2 heterocycles. The Morgan fingerprint density at radius 2 is 1.89 bits per heavy atom. The highest BCUT2D eigenvalue weighted by atomic mass is 35.5. The topological polar surface area (TPSA) is 41.6 Å². The number of nitrogens with zero attached hydrogens (tertiary/aromatic N) is 1. The van der Waals surface area contributed by atoms with Gasteiger partial charge in [-0.25, -0.2) is 0 Å². The summed E-state index contributed by atoms with van der Waals surface area (Å²) in [6.07, 6.45) is 0. The molecule has 3 rings (SSSR count). The summed E-state index contributed by atoms with van der Waals surface area (Å²) in [6, 6.07) is 6.01. The number of rotatable bonds is 1. The lowest BCUT2D eigenvalue weighted by Gasteiger charge is -2.27. The van der Waals surface area contributed by atoms with E-state index in [1.165, 1.54) is 11.1 Å². The van der Waals surface area contributed by atoms with E-state index in [9.17, 15) is 4.79 Å². The molecule has 1 saturated heterocycles. The molecule has 1 aromatic rings. The quantitative estimate of drug-likeness (QED) is 0.832. The first kappa shape index (κ1) is 13.3. The Hall–Kier alpha value is -1.10. The minimum absolute atomic E-state index is 0. The number of amides is 1. The Morgan fingerprint density at radius 1 is 1.17 bits per heavy atom. The maximum atomic E-state index is 12.2. The summed E-state index contributed by atoms with van der Waals surface area (Å²) < 4.78 is 5.26. The molecule has 2 aliphatic heterocycles. The lowest BCUT2D eigenvalue weighted by Crippen LogP contribution is -2.40. The second-order valence-electron chi connectivity index (χ2n) is 4.49. The normalized spacial score (nSPS) is 18.1. The van der Waals surface area contributed by atoms with Gasteiger partial charge in [0.15, 0.2) is 0 Å². The average molecular weight is 269 g/mol. The summed E-state index contributed by atoms with van der Waals surface area (Å²) in [6.45, 7) is 4.50. The first-order valence-corrected chi connectivity index (χ1v) is 6.04. The summed E-state index contributed by atoms with van der Waals surface area (Å²) in [7, 11) is 0. The molecule has 98 valence electrons. The highest BCUT2D eigenvalue weighted by molar-refractivity contribution is 5.94. The largest absolute Gasteiger partial charge is 0.378 e. The van der Waals surface area contributed by atoms with Crippen LogP contribution >= 0.6 is 12.4 Å². The molecule has 1 fully saturated rings. The molecule has 5 heteroatoms. The minimum Gasteiger partial charge on any atom is -0.378 e.